The molecule has 0 saturated heterocycles. The molecule has 1 aromatic rings. The number of rotatable bonds is 6. The van der Waals surface area contributed by atoms with E-state index in [-0.39, 0.29) is 16.9 Å². The number of fused-ring (bicyclic) bond motifs is 1. The zero-order valence-electron chi connectivity index (χ0n) is 15.4. The predicted octanol–water partition coefficient (Wildman–Crippen LogP) is 2.41. The van der Waals surface area contributed by atoms with E-state index in [1.807, 2.05) is 52.0 Å². The molecule has 2 rings (SSSR count). The number of likely N-dealkylation sites (N-methyl/N-ethyl adjacent to an activating group) is 1. The van der Waals surface area contributed by atoms with E-state index in [0.29, 0.717) is 37.7 Å². The van der Waals surface area contributed by atoms with Gasteiger partial charge in [-0.15, -0.1) is 0 Å². The maximum Gasteiger partial charge on any atom is 0.317 e. The lowest BCUT2D eigenvalue weighted by Gasteiger charge is -2.31. The minimum atomic E-state index is -0.978. The number of ether oxygens (including phenoxy) is 2. The van der Waals surface area contributed by atoms with Crippen molar-refractivity contribution in [2.24, 2.45) is 0 Å². The molecule has 1 aromatic carbocycles. The fourth-order valence-electron chi connectivity index (χ4n) is 2.42. The molecule has 140 valence electrons. The SMILES string of the molecule is CCN(CC1COc2ccccc2O1)C(=O)NCCS(=O)C(C)(C)C. The average molecular weight is 368 g/mol. The molecule has 0 fully saturated rings. The van der Waals surface area contributed by atoms with E-state index in [4.69, 9.17) is 9.47 Å². The monoisotopic (exact) mass is 368 g/mol. The second-order valence-corrected chi connectivity index (χ2v) is 9.25. The molecule has 0 saturated carbocycles. The van der Waals surface area contributed by atoms with Crippen molar-refractivity contribution in [3.63, 3.8) is 0 Å². The summed E-state index contributed by atoms with van der Waals surface area (Å²) in [6.45, 7) is 9.53. The Labute approximate surface area is 152 Å². The van der Waals surface area contributed by atoms with Crippen LogP contribution in [0.25, 0.3) is 0 Å². The number of hydrogen-bond acceptors (Lipinski definition) is 4. The molecule has 25 heavy (non-hydrogen) atoms. The molecule has 0 bridgehead atoms. The van der Waals surface area contributed by atoms with Gasteiger partial charge in [-0.05, 0) is 39.8 Å². The molecule has 2 amide bonds. The van der Waals surface area contributed by atoms with Crippen molar-refractivity contribution in [3.8, 4) is 11.5 Å². The van der Waals surface area contributed by atoms with Gasteiger partial charge in [0.1, 0.15) is 6.61 Å². The number of benzene rings is 1. The Hall–Kier alpha value is -1.76. The number of urea groups is 1. The molecule has 2 unspecified atom stereocenters. The van der Waals surface area contributed by atoms with Crippen LogP contribution in [0.5, 0.6) is 11.5 Å². The van der Waals surface area contributed by atoms with E-state index in [0.717, 1.165) is 5.75 Å². The standard InChI is InChI=1S/C18H28N2O4S/c1-5-20(17(21)19-10-11-25(22)18(2,3)4)12-14-13-23-15-8-6-7-9-16(15)24-14/h6-9,14H,5,10-13H2,1-4H3,(H,19,21). The zero-order valence-corrected chi connectivity index (χ0v) is 16.2. The zero-order chi connectivity index (χ0) is 18.4. The molecule has 1 N–H and O–H groups in total. The van der Waals surface area contributed by atoms with E-state index in [1.165, 1.54) is 0 Å². The van der Waals surface area contributed by atoms with Crippen LogP contribution in [-0.2, 0) is 10.8 Å². The summed E-state index contributed by atoms with van der Waals surface area (Å²) in [5.41, 5.74) is 0. The van der Waals surface area contributed by atoms with Gasteiger partial charge in [-0.25, -0.2) is 4.79 Å². The van der Waals surface area contributed by atoms with E-state index in [1.54, 1.807) is 4.90 Å². The second kappa shape index (κ2) is 8.56. The Morgan fingerprint density at radius 3 is 2.64 bits per heavy atom. The fraction of sp³-hybridized carbons (Fsp3) is 0.611. The predicted molar refractivity (Wildman–Crippen MR) is 99.8 cm³/mol. The van der Waals surface area contributed by atoms with Crippen LogP contribution >= 0.6 is 0 Å². The minimum absolute atomic E-state index is 0.170. The van der Waals surface area contributed by atoms with Crippen LogP contribution in [0, 0.1) is 0 Å². The smallest absolute Gasteiger partial charge is 0.317 e. The van der Waals surface area contributed by atoms with Gasteiger partial charge in [0.2, 0.25) is 0 Å². The molecular formula is C18H28N2O4S. The molecule has 6 nitrogen and oxygen atoms in total. The second-order valence-electron chi connectivity index (χ2n) is 6.93. The van der Waals surface area contributed by atoms with Crippen molar-refractivity contribution >= 4 is 16.8 Å². The van der Waals surface area contributed by atoms with Crippen LogP contribution in [0.2, 0.25) is 0 Å². The quantitative estimate of drug-likeness (QED) is 0.837. The van der Waals surface area contributed by atoms with Crippen molar-refractivity contribution < 1.29 is 18.5 Å². The summed E-state index contributed by atoms with van der Waals surface area (Å²) >= 11 is 0. The Kier molecular flexibility index (Phi) is 6.70. The van der Waals surface area contributed by atoms with Crippen molar-refractivity contribution in [2.45, 2.75) is 38.5 Å². The van der Waals surface area contributed by atoms with Crippen molar-refractivity contribution in [2.75, 3.05) is 32.0 Å². The Bertz CT molecular complexity index is 615. The highest BCUT2D eigenvalue weighted by molar-refractivity contribution is 7.86. The maximum absolute atomic E-state index is 12.3. The summed E-state index contributed by atoms with van der Waals surface area (Å²) in [4.78, 5) is 14.0. The first kappa shape index (κ1) is 19.6. The molecule has 7 heteroatoms. The first-order valence-electron chi connectivity index (χ1n) is 8.61. The molecule has 0 aliphatic carbocycles. The molecular weight excluding hydrogens is 340 g/mol. The number of carbonyl (C=O) groups is 1. The first-order valence-corrected chi connectivity index (χ1v) is 9.93. The third-order valence-corrected chi connectivity index (χ3v) is 5.85. The Morgan fingerprint density at radius 1 is 1.32 bits per heavy atom. The van der Waals surface area contributed by atoms with Crippen molar-refractivity contribution in [1.82, 2.24) is 10.2 Å². The lowest BCUT2D eigenvalue weighted by atomic mass is 10.2. The number of para-hydroxylation sites is 2. The van der Waals surface area contributed by atoms with Gasteiger partial charge in [-0.3, -0.25) is 4.21 Å². The van der Waals surface area contributed by atoms with E-state index < -0.39 is 10.8 Å². The number of hydrogen-bond donors (Lipinski definition) is 1. The lowest BCUT2D eigenvalue weighted by molar-refractivity contribution is 0.0676. The summed E-state index contributed by atoms with van der Waals surface area (Å²) in [7, 11) is -0.978. The van der Waals surface area contributed by atoms with E-state index in [2.05, 4.69) is 5.32 Å². The molecule has 0 aromatic heterocycles. The molecule has 2 atom stereocenters. The third kappa shape index (κ3) is 5.63. The molecule has 1 aliphatic heterocycles. The Morgan fingerprint density at radius 2 is 2.00 bits per heavy atom. The van der Waals surface area contributed by atoms with Gasteiger partial charge in [0.15, 0.2) is 17.6 Å². The van der Waals surface area contributed by atoms with Crippen molar-refractivity contribution in [3.05, 3.63) is 24.3 Å². The summed E-state index contributed by atoms with van der Waals surface area (Å²) in [6.07, 6.45) is -0.204. The van der Waals surface area contributed by atoms with Gasteiger partial charge in [-0.2, -0.15) is 0 Å². The van der Waals surface area contributed by atoms with Gasteiger partial charge < -0.3 is 19.7 Å². The molecule has 0 radical (unpaired) electrons. The summed E-state index contributed by atoms with van der Waals surface area (Å²) in [5, 5.41) is 2.84. The largest absolute Gasteiger partial charge is 0.486 e. The first-order chi connectivity index (χ1) is 11.8. The van der Waals surface area contributed by atoms with Crippen LogP contribution in [0.15, 0.2) is 24.3 Å². The topological polar surface area (TPSA) is 67.9 Å². The Balaban J connectivity index is 1.82. The van der Waals surface area contributed by atoms with Gasteiger partial charge in [0, 0.05) is 34.4 Å². The highest BCUT2D eigenvalue weighted by Crippen LogP contribution is 2.30. The molecule has 1 heterocycles. The van der Waals surface area contributed by atoms with Gasteiger partial charge >= 0.3 is 6.03 Å². The minimum Gasteiger partial charge on any atom is -0.486 e. The van der Waals surface area contributed by atoms with Gasteiger partial charge in [-0.1, -0.05) is 12.1 Å². The molecule has 1 aliphatic rings. The summed E-state index contributed by atoms with van der Waals surface area (Å²) in [5.74, 6) is 1.88. The van der Waals surface area contributed by atoms with Crippen molar-refractivity contribution in [1.29, 1.82) is 0 Å². The van der Waals surface area contributed by atoms with Gasteiger partial charge in [0.25, 0.3) is 0 Å². The van der Waals surface area contributed by atoms with Crippen LogP contribution in [0.3, 0.4) is 0 Å². The highest BCUT2D eigenvalue weighted by atomic mass is 32.2. The number of nitrogens with zero attached hydrogens (tertiary/aromatic N) is 1. The lowest BCUT2D eigenvalue weighted by Crippen LogP contribution is -2.48. The van der Waals surface area contributed by atoms with E-state index >= 15 is 0 Å². The number of carbonyl (C=O) groups excluding carboxylic acids is 1. The summed E-state index contributed by atoms with van der Waals surface area (Å²) in [6, 6.07) is 7.35. The molecule has 0 spiro atoms. The maximum atomic E-state index is 12.3. The average Bonchev–Trinajstić information content (AvgIpc) is 2.58. The summed E-state index contributed by atoms with van der Waals surface area (Å²) < 4.78 is 23.4. The number of amides is 2. The van der Waals surface area contributed by atoms with E-state index in [9.17, 15) is 9.00 Å². The normalized spacial score (nSPS) is 17.7. The van der Waals surface area contributed by atoms with Crippen LogP contribution in [0.4, 0.5) is 4.79 Å². The van der Waals surface area contributed by atoms with Gasteiger partial charge in [0.05, 0.1) is 6.54 Å². The van der Waals surface area contributed by atoms with Crippen LogP contribution in [-0.4, -0.2) is 58.0 Å². The number of nitrogens with one attached hydrogen (secondary N) is 1. The van der Waals surface area contributed by atoms with Crippen LogP contribution < -0.4 is 14.8 Å². The van der Waals surface area contributed by atoms with Crippen LogP contribution in [0.1, 0.15) is 27.7 Å². The highest BCUT2D eigenvalue weighted by Gasteiger charge is 2.25. The fourth-order valence-corrected chi connectivity index (χ4v) is 3.32. The third-order valence-electron chi connectivity index (χ3n) is 3.91.